The number of nitrogens with one attached hydrogen (secondary N) is 1. The summed E-state index contributed by atoms with van der Waals surface area (Å²) in [4.78, 5) is 24.8. The summed E-state index contributed by atoms with van der Waals surface area (Å²) in [6.45, 7) is 10.2. The fraction of sp³-hybridized carbons (Fsp3) is 0.688. The minimum absolute atomic E-state index is 0.152. The monoisotopic (exact) mass is 305 g/mol. The van der Waals surface area contributed by atoms with E-state index in [0.29, 0.717) is 12.1 Å². The lowest BCUT2D eigenvalue weighted by Gasteiger charge is -2.22. The average Bonchev–Trinajstić information content (AvgIpc) is 2.88. The topological polar surface area (TPSA) is 61.4 Å². The van der Waals surface area contributed by atoms with Gasteiger partial charge in [0.25, 0.3) is 5.91 Å². The summed E-state index contributed by atoms with van der Waals surface area (Å²) in [5, 5.41) is 3.57. The first-order chi connectivity index (χ1) is 10.3. The minimum atomic E-state index is -0.152. The van der Waals surface area contributed by atoms with Crippen LogP contribution in [0.2, 0.25) is 0 Å². The van der Waals surface area contributed by atoms with E-state index in [1.54, 1.807) is 14.1 Å². The maximum Gasteiger partial charge on any atom is 0.291 e. The van der Waals surface area contributed by atoms with Gasteiger partial charge in [-0.15, -0.1) is 0 Å². The number of anilines is 1. The third-order valence-electron chi connectivity index (χ3n) is 4.02. The Hall–Kier alpha value is -1.69. The number of carbonyl (C=O) groups excluding carboxylic acids is 1. The Morgan fingerprint density at radius 3 is 2.59 bits per heavy atom. The van der Waals surface area contributed by atoms with Crippen LogP contribution in [0.5, 0.6) is 0 Å². The predicted molar refractivity (Wildman–Crippen MR) is 88.4 cm³/mol. The third kappa shape index (κ3) is 3.55. The molecule has 0 aliphatic carbocycles. The molecule has 2 heterocycles. The molecule has 1 saturated heterocycles. The van der Waals surface area contributed by atoms with Crippen molar-refractivity contribution in [3.05, 3.63) is 17.1 Å². The van der Waals surface area contributed by atoms with Gasteiger partial charge in [0.05, 0.1) is 0 Å². The van der Waals surface area contributed by atoms with Gasteiger partial charge in [0, 0.05) is 50.5 Å². The fourth-order valence-corrected chi connectivity index (χ4v) is 2.78. The maximum absolute atomic E-state index is 12.2. The molecule has 1 atom stereocenters. The lowest BCUT2D eigenvalue weighted by atomic mass is 10.2. The summed E-state index contributed by atoms with van der Waals surface area (Å²) in [5.74, 6) is 1.02. The van der Waals surface area contributed by atoms with Gasteiger partial charge >= 0.3 is 0 Å². The van der Waals surface area contributed by atoms with Gasteiger partial charge in [-0.1, -0.05) is 13.8 Å². The summed E-state index contributed by atoms with van der Waals surface area (Å²) < 4.78 is 0. The lowest BCUT2D eigenvalue weighted by Crippen LogP contribution is -2.37. The van der Waals surface area contributed by atoms with Crippen molar-refractivity contribution < 1.29 is 4.79 Å². The maximum atomic E-state index is 12.2. The molecule has 0 radical (unpaired) electrons. The molecule has 1 fully saturated rings. The molecule has 6 nitrogen and oxygen atoms in total. The van der Waals surface area contributed by atoms with Crippen LogP contribution < -0.4 is 10.2 Å². The van der Waals surface area contributed by atoms with E-state index in [4.69, 9.17) is 0 Å². The van der Waals surface area contributed by atoms with Crippen molar-refractivity contribution in [2.75, 3.05) is 32.1 Å². The molecule has 1 amide bonds. The SMILES string of the molecule is Cc1nc(C(=O)N(C)C)nc(N2CC[C@@H](NC(C)C)C2)c1C. The van der Waals surface area contributed by atoms with Crippen LogP contribution in [0.3, 0.4) is 0 Å². The van der Waals surface area contributed by atoms with Gasteiger partial charge in [-0.2, -0.15) is 0 Å². The largest absolute Gasteiger partial charge is 0.355 e. The van der Waals surface area contributed by atoms with E-state index in [9.17, 15) is 4.79 Å². The van der Waals surface area contributed by atoms with Crippen LogP contribution in [-0.4, -0.2) is 60.0 Å². The van der Waals surface area contributed by atoms with Gasteiger partial charge in [0.15, 0.2) is 0 Å². The van der Waals surface area contributed by atoms with E-state index in [1.165, 1.54) is 4.90 Å². The number of nitrogens with zero attached hydrogens (tertiary/aromatic N) is 4. The fourth-order valence-electron chi connectivity index (χ4n) is 2.78. The second kappa shape index (κ2) is 6.60. The Labute approximate surface area is 132 Å². The van der Waals surface area contributed by atoms with E-state index >= 15 is 0 Å². The highest BCUT2D eigenvalue weighted by Crippen LogP contribution is 2.24. The highest BCUT2D eigenvalue weighted by molar-refractivity contribution is 5.90. The molecule has 1 aliphatic heterocycles. The standard InChI is InChI=1S/C16H27N5O/c1-10(2)17-13-7-8-21(9-13)15-11(3)12(4)18-14(19-15)16(22)20(5)6/h10,13,17H,7-9H2,1-6H3/t13-/m1/s1. The van der Waals surface area contributed by atoms with Crippen LogP contribution in [0.4, 0.5) is 5.82 Å². The second-order valence-electron chi connectivity index (χ2n) is 6.53. The molecule has 0 spiro atoms. The lowest BCUT2D eigenvalue weighted by molar-refractivity contribution is 0.0815. The second-order valence-corrected chi connectivity index (χ2v) is 6.53. The molecule has 1 aromatic heterocycles. The van der Waals surface area contributed by atoms with Crippen molar-refractivity contribution in [2.24, 2.45) is 0 Å². The van der Waals surface area contributed by atoms with Crippen LogP contribution in [0.1, 0.15) is 42.1 Å². The van der Waals surface area contributed by atoms with Crippen molar-refractivity contribution in [1.82, 2.24) is 20.2 Å². The van der Waals surface area contributed by atoms with Gasteiger partial charge < -0.3 is 15.1 Å². The van der Waals surface area contributed by atoms with Gasteiger partial charge in [0.1, 0.15) is 5.82 Å². The van der Waals surface area contributed by atoms with Crippen LogP contribution in [0.25, 0.3) is 0 Å². The summed E-state index contributed by atoms with van der Waals surface area (Å²) in [6, 6.07) is 0.951. The van der Waals surface area contributed by atoms with Gasteiger partial charge in [-0.3, -0.25) is 4.79 Å². The molecular formula is C16H27N5O. The van der Waals surface area contributed by atoms with Gasteiger partial charge in [0.2, 0.25) is 5.82 Å². The normalized spacial score (nSPS) is 18.1. The van der Waals surface area contributed by atoms with Crippen molar-refractivity contribution in [3.63, 3.8) is 0 Å². The minimum Gasteiger partial charge on any atom is -0.355 e. The number of hydrogen-bond acceptors (Lipinski definition) is 5. The first kappa shape index (κ1) is 16.7. The Balaban J connectivity index is 2.26. The molecule has 122 valence electrons. The molecule has 0 unspecified atom stereocenters. The van der Waals surface area contributed by atoms with Gasteiger partial charge in [-0.05, 0) is 20.3 Å². The Kier molecular flexibility index (Phi) is 5.01. The Morgan fingerprint density at radius 1 is 1.32 bits per heavy atom. The summed E-state index contributed by atoms with van der Waals surface area (Å²) in [5.41, 5.74) is 1.93. The summed E-state index contributed by atoms with van der Waals surface area (Å²) in [7, 11) is 3.44. The average molecular weight is 305 g/mol. The predicted octanol–water partition coefficient (Wildman–Crippen LogP) is 1.37. The quantitative estimate of drug-likeness (QED) is 0.910. The van der Waals surface area contributed by atoms with Crippen molar-refractivity contribution in [1.29, 1.82) is 0 Å². The molecule has 0 saturated carbocycles. The smallest absolute Gasteiger partial charge is 0.291 e. The molecular weight excluding hydrogens is 278 g/mol. The molecule has 2 rings (SSSR count). The summed E-state index contributed by atoms with van der Waals surface area (Å²) >= 11 is 0. The van der Waals surface area contributed by atoms with E-state index in [0.717, 1.165) is 36.6 Å². The summed E-state index contributed by atoms with van der Waals surface area (Å²) in [6.07, 6.45) is 1.09. The van der Waals surface area contributed by atoms with E-state index < -0.39 is 0 Å². The number of amides is 1. The molecule has 0 aromatic carbocycles. The molecule has 6 heteroatoms. The molecule has 1 aromatic rings. The Bertz CT molecular complexity index is 556. The zero-order chi connectivity index (χ0) is 16.4. The van der Waals surface area contributed by atoms with Crippen molar-refractivity contribution in [2.45, 2.75) is 46.2 Å². The van der Waals surface area contributed by atoms with Crippen LogP contribution in [0, 0.1) is 13.8 Å². The van der Waals surface area contributed by atoms with E-state index in [1.807, 2.05) is 13.8 Å². The zero-order valence-corrected chi connectivity index (χ0v) is 14.5. The van der Waals surface area contributed by atoms with Crippen molar-refractivity contribution >= 4 is 11.7 Å². The van der Waals surface area contributed by atoms with Crippen LogP contribution in [0.15, 0.2) is 0 Å². The van der Waals surface area contributed by atoms with Crippen molar-refractivity contribution in [3.8, 4) is 0 Å². The highest BCUT2D eigenvalue weighted by atomic mass is 16.2. The number of carbonyl (C=O) groups is 1. The highest BCUT2D eigenvalue weighted by Gasteiger charge is 2.26. The third-order valence-corrected chi connectivity index (χ3v) is 4.02. The zero-order valence-electron chi connectivity index (χ0n) is 14.5. The molecule has 0 bridgehead atoms. The first-order valence-corrected chi connectivity index (χ1v) is 7.87. The number of hydrogen-bond donors (Lipinski definition) is 1. The number of aromatic nitrogens is 2. The van der Waals surface area contributed by atoms with E-state index in [-0.39, 0.29) is 11.7 Å². The van der Waals surface area contributed by atoms with Crippen LogP contribution >= 0.6 is 0 Å². The molecule has 1 N–H and O–H groups in total. The Morgan fingerprint density at radius 2 is 2.00 bits per heavy atom. The number of aryl methyl sites for hydroxylation is 1. The molecule has 22 heavy (non-hydrogen) atoms. The van der Waals surface area contributed by atoms with Crippen LogP contribution in [-0.2, 0) is 0 Å². The molecule has 1 aliphatic rings. The first-order valence-electron chi connectivity index (χ1n) is 7.87. The van der Waals surface area contributed by atoms with E-state index in [2.05, 4.69) is 34.0 Å². The number of rotatable bonds is 4. The van der Waals surface area contributed by atoms with Gasteiger partial charge in [-0.25, -0.2) is 9.97 Å².